The van der Waals surface area contributed by atoms with Crippen LogP contribution in [0.3, 0.4) is 0 Å². The first-order valence-electron chi connectivity index (χ1n) is 9.58. The first kappa shape index (κ1) is 19.8. The molecule has 1 aromatic carbocycles. The van der Waals surface area contributed by atoms with Crippen molar-refractivity contribution in [2.45, 2.75) is 19.9 Å². The second kappa shape index (κ2) is 9.80. The average Bonchev–Trinajstić information content (AvgIpc) is 2.71. The van der Waals surface area contributed by atoms with Crippen LogP contribution in [0.25, 0.3) is 11.3 Å². The van der Waals surface area contributed by atoms with Crippen LogP contribution < -0.4 is 10.6 Å². The van der Waals surface area contributed by atoms with Crippen LogP contribution in [0.5, 0.6) is 0 Å². The fourth-order valence-corrected chi connectivity index (χ4v) is 2.87. The molecule has 0 aliphatic carbocycles. The van der Waals surface area contributed by atoms with Crippen molar-refractivity contribution in [1.82, 2.24) is 19.9 Å². The van der Waals surface area contributed by atoms with Crippen LogP contribution in [0, 0.1) is 6.92 Å². The lowest BCUT2D eigenvalue weighted by atomic mass is 10.1. The van der Waals surface area contributed by atoms with Gasteiger partial charge in [-0.25, -0.2) is 4.98 Å². The molecule has 0 bridgehead atoms. The Morgan fingerprint density at radius 2 is 1.86 bits per heavy atom. The van der Waals surface area contributed by atoms with E-state index in [1.807, 2.05) is 24.4 Å². The molecule has 0 saturated carbocycles. The third kappa shape index (κ3) is 5.76. The standard InChI is InChI=1S/C22H28N6/c1-17-8-4-5-9-18(17)16-25-21-14-20(19-10-6-11-23-15-19)26-22(27-21)24-12-7-13-28(2)3/h4-6,8-11,14-15H,7,12-13,16H2,1-3H3,(H2,24,25,26,27). The highest BCUT2D eigenvalue weighted by molar-refractivity contribution is 5.63. The molecule has 0 atom stereocenters. The number of benzene rings is 1. The van der Waals surface area contributed by atoms with Gasteiger partial charge in [-0.2, -0.15) is 4.98 Å². The van der Waals surface area contributed by atoms with E-state index in [2.05, 4.69) is 75.8 Å². The van der Waals surface area contributed by atoms with Gasteiger partial charge < -0.3 is 15.5 Å². The predicted octanol–water partition coefficient (Wildman–Crippen LogP) is 3.82. The third-order valence-corrected chi connectivity index (χ3v) is 4.47. The summed E-state index contributed by atoms with van der Waals surface area (Å²) < 4.78 is 0. The monoisotopic (exact) mass is 376 g/mol. The molecule has 28 heavy (non-hydrogen) atoms. The summed E-state index contributed by atoms with van der Waals surface area (Å²) in [7, 11) is 4.15. The van der Waals surface area contributed by atoms with Gasteiger partial charge in [-0.15, -0.1) is 0 Å². The van der Waals surface area contributed by atoms with Crippen molar-refractivity contribution in [3.63, 3.8) is 0 Å². The van der Waals surface area contributed by atoms with E-state index in [4.69, 9.17) is 0 Å². The molecule has 0 aliphatic rings. The van der Waals surface area contributed by atoms with Crippen molar-refractivity contribution >= 4 is 11.8 Å². The van der Waals surface area contributed by atoms with Gasteiger partial charge in [-0.05, 0) is 57.2 Å². The van der Waals surface area contributed by atoms with E-state index in [-0.39, 0.29) is 0 Å². The summed E-state index contributed by atoms with van der Waals surface area (Å²) in [6.07, 6.45) is 4.62. The van der Waals surface area contributed by atoms with Crippen molar-refractivity contribution in [3.05, 3.63) is 66.0 Å². The van der Waals surface area contributed by atoms with E-state index in [0.29, 0.717) is 5.95 Å². The zero-order chi connectivity index (χ0) is 19.8. The summed E-state index contributed by atoms with van der Waals surface area (Å²) in [5, 5.41) is 6.79. The van der Waals surface area contributed by atoms with Gasteiger partial charge in [-0.1, -0.05) is 24.3 Å². The maximum Gasteiger partial charge on any atom is 0.225 e. The number of pyridine rings is 1. The number of nitrogens with one attached hydrogen (secondary N) is 2. The van der Waals surface area contributed by atoms with Crippen molar-refractivity contribution in [3.8, 4) is 11.3 Å². The lowest BCUT2D eigenvalue weighted by molar-refractivity contribution is 0.405. The highest BCUT2D eigenvalue weighted by atomic mass is 15.1. The SMILES string of the molecule is Cc1ccccc1CNc1cc(-c2cccnc2)nc(NCCCN(C)C)n1. The van der Waals surface area contributed by atoms with Crippen LogP contribution >= 0.6 is 0 Å². The molecular weight excluding hydrogens is 348 g/mol. The van der Waals surface area contributed by atoms with Crippen molar-refractivity contribution in [2.24, 2.45) is 0 Å². The number of hydrogen-bond donors (Lipinski definition) is 2. The molecule has 0 saturated heterocycles. The molecule has 6 heteroatoms. The summed E-state index contributed by atoms with van der Waals surface area (Å²) in [6, 6.07) is 14.3. The number of hydrogen-bond acceptors (Lipinski definition) is 6. The van der Waals surface area contributed by atoms with Crippen LogP contribution in [-0.2, 0) is 6.54 Å². The van der Waals surface area contributed by atoms with E-state index in [1.165, 1.54) is 11.1 Å². The van der Waals surface area contributed by atoms with Gasteiger partial charge in [0.25, 0.3) is 0 Å². The molecule has 3 rings (SSSR count). The largest absolute Gasteiger partial charge is 0.366 e. The zero-order valence-corrected chi connectivity index (χ0v) is 16.8. The van der Waals surface area contributed by atoms with Gasteiger partial charge in [0.1, 0.15) is 5.82 Å². The quantitative estimate of drug-likeness (QED) is 0.554. The molecule has 0 radical (unpaired) electrons. The lowest BCUT2D eigenvalue weighted by Crippen LogP contribution is -2.17. The minimum absolute atomic E-state index is 0.632. The maximum atomic E-state index is 4.68. The first-order chi connectivity index (χ1) is 13.6. The highest BCUT2D eigenvalue weighted by Crippen LogP contribution is 2.21. The fourth-order valence-electron chi connectivity index (χ4n) is 2.87. The molecule has 0 fully saturated rings. The molecule has 2 aromatic heterocycles. The van der Waals surface area contributed by atoms with Gasteiger partial charge in [0.15, 0.2) is 0 Å². The predicted molar refractivity (Wildman–Crippen MR) is 115 cm³/mol. The molecule has 0 spiro atoms. The number of aromatic nitrogens is 3. The van der Waals surface area contributed by atoms with E-state index >= 15 is 0 Å². The third-order valence-electron chi connectivity index (χ3n) is 4.47. The summed E-state index contributed by atoms with van der Waals surface area (Å²) >= 11 is 0. The molecule has 6 nitrogen and oxygen atoms in total. The van der Waals surface area contributed by atoms with Crippen molar-refractivity contribution in [1.29, 1.82) is 0 Å². The molecule has 2 N–H and O–H groups in total. The molecule has 0 unspecified atom stereocenters. The number of rotatable bonds is 9. The highest BCUT2D eigenvalue weighted by Gasteiger charge is 2.08. The Morgan fingerprint density at radius 1 is 1.00 bits per heavy atom. The zero-order valence-electron chi connectivity index (χ0n) is 16.8. The summed E-state index contributed by atoms with van der Waals surface area (Å²) in [5.41, 5.74) is 4.34. The fraction of sp³-hybridized carbons (Fsp3) is 0.318. The summed E-state index contributed by atoms with van der Waals surface area (Å²) in [6.45, 7) is 4.69. The van der Waals surface area contributed by atoms with Crippen LogP contribution in [-0.4, -0.2) is 47.0 Å². The lowest BCUT2D eigenvalue weighted by Gasteiger charge is -2.13. The minimum Gasteiger partial charge on any atom is -0.366 e. The van der Waals surface area contributed by atoms with Crippen molar-refractivity contribution in [2.75, 3.05) is 37.8 Å². The molecular formula is C22H28N6. The normalized spacial score (nSPS) is 10.9. The van der Waals surface area contributed by atoms with Gasteiger partial charge in [-0.3, -0.25) is 4.98 Å². The van der Waals surface area contributed by atoms with E-state index in [9.17, 15) is 0 Å². The van der Waals surface area contributed by atoms with Crippen LogP contribution in [0.15, 0.2) is 54.9 Å². The number of nitrogens with zero attached hydrogens (tertiary/aromatic N) is 4. The van der Waals surface area contributed by atoms with Crippen molar-refractivity contribution < 1.29 is 0 Å². The Bertz CT molecular complexity index is 879. The Morgan fingerprint density at radius 3 is 2.61 bits per heavy atom. The second-order valence-corrected chi connectivity index (χ2v) is 7.07. The Hall–Kier alpha value is -2.99. The smallest absolute Gasteiger partial charge is 0.225 e. The molecule has 0 aliphatic heterocycles. The maximum absolute atomic E-state index is 4.68. The molecule has 3 aromatic rings. The summed E-state index contributed by atoms with van der Waals surface area (Å²) in [5.74, 6) is 1.43. The minimum atomic E-state index is 0.632. The van der Waals surface area contributed by atoms with Crippen LogP contribution in [0.2, 0.25) is 0 Å². The molecule has 146 valence electrons. The Labute approximate surface area is 167 Å². The Kier molecular flexibility index (Phi) is 6.92. The molecule has 2 heterocycles. The van der Waals surface area contributed by atoms with Gasteiger partial charge in [0.05, 0.1) is 5.69 Å². The average molecular weight is 377 g/mol. The van der Waals surface area contributed by atoms with E-state index in [0.717, 1.165) is 43.1 Å². The second-order valence-electron chi connectivity index (χ2n) is 7.07. The van der Waals surface area contributed by atoms with E-state index < -0.39 is 0 Å². The first-order valence-corrected chi connectivity index (χ1v) is 9.58. The topological polar surface area (TPSA) is 66.0 Å². The van der Waals surface area contributed by atoms with Gasteiger partial charge >= 0.3 is 0 Å². The Balaban J connectivity index is 1.77. The number of aryl methyl sites for hydroxylation is 1. The summed E-state index contributed by atoms with van der Waals surface area (Å²) in [4.78, 5) is 15.7. The van der Waals surface area contributed by atoms with Crippen LogP contribution in [0.4, 0.5) is 11.8 Å². The van der Waals surface area contributed by atoms with Gasteiger partial charge in [0.2, 0.25) is 5.95 Å². The molecule has 0 amide bonds. The number of anilines is 2. The van der Waals surface area contributed by atoms with E-state index in [1.54, 1.807) is 6.20 Å². The van der Waals surface area contributed by atoms with Gasteiger partial charge in [0, 0.05) is 37.1 Å². The van der Waals surface area contributed by atoms with Crippen LogP contribution in [0.1, 0.15) is 17.5 Å².